The molecule has 1 aromatic carbocycles. The van der Waals surface area contributed by atoms with Crippen LogP contribution >= 0.6 is 0 Å². The number of nitrogens with zero attached hydrogens (tertiary/aromatic N) is 5. The summed E-state index contributed by atoms with van der Waals surface area (Å²) < 4.78 is 23.8. The van der Waals surface area contributed by atoms with Crippen molar-refractivity contribution < 1.29 is 33.3 Å². The second-order valence-electron chi connectivity index (χ2n) is 8.18. The van der Waals surface area contributed by atoms with Crippen LogP contribution in [0.3, 0.4) is 0 Å². The van der Waals surface area contributed by atoms with E-state index in [4.69, 9.17) is 18.9 Å². The molecule has 0 radical (unpaired) electrons. The first-order valence-electron chi connectivity index (χ1n) is 11.2. The zero-order valence-corrected chi connectivity index (χ0v) is 20.2. The van der Waals surface area contributed by atoms with Gasteiger partial charge in [0.2, 0.25) is 5.82 Å². The van der Waals surface area contributed by atoms with Gasteiger partial charge in [0.05, 0.1) is 6.20 Å². The molecule has 0 saturated carbocycles. The number of benzene rings is 1. The van der Waals surface area contributed by atoms with E-state index in [0.29, 0.717) is 11.5 Å². The van der Waals surface area contributed by atoms with E-state index < -0.39 is 42.4 Å². The van der Waals surface area contributed by atoms with Crippen LogP contribution in [-0.4, -0.2) is 67.6 Å². The topological polar surface area (TPSA) is 145 Å². The molecule has 0 unspecified atom stereocenters. The maximum absolute atomic E-state index is 12.0. The van der Waals surface area contributed by atoms with Crippen molar-refractivity contribution in [1.29, 1.82) is 0 Å². The van der Waals surface area contributed by atoms with E-state index in [1.54, 1.807) is 0 Å². The van der Waals surface area contributed by atoms with Gasteiger partial charge in [-0.05, 0) is 13.0 Å². The third kappa shape index (κ3) is 5.54. The highest BCUT2D eigenvalue weighted by Crippen LogP contribution is 2.37. The molecule has 2 aromatic heterocycles. The summed E-state index contributed by atoms with van der Waals surface area (Å²) in [6, 6.07) is 7.57. The summed E-state index contributed by atoms with van der Waals surface area (Å²) in [6.45, 7) is 5.41. The molecule has 4 atom stereocenters. The minimum atomic E-state index is -1.10. The summed E-state index contributed by atoms with van der Waals surface area (Å²) in [6.07, 6.45) is 0.402. The number of rotatable bonds is 7. The maximum Gasteiger partial charge on any atom is 0.303 e. The molecular formula is C24H25N5O7. The van der Waals surface area contributed by atoms with Crippen molar-refractivity contribution in [3.8, 4) is 22.9 Å². The molecule has 0 bridgehead atoms. The van der Waals surface area contributed by atoms with E-state index in [9.17, 15) is 14.4 Å². The van der Waals surface area contributed by atoms with Gasteiger partial charge >= 0.3 is 17.9 Å². The number of hydrogen-bond donors (Lipinski definition) is 0. The van der Waals surface area contributed by atoms with Crippen LogP contribution in [-0.2, 0) is 33.3 Å². The number of carbonyl (C=O) groups excluding carboxylic acids is 3. The van der Waals surface area contributed by atoms with Crippen LogP contribution < -0.4 is 0 Å². The summed E-state index contributed by atoms with van der Waals surface area (Å²) in [4.78, 5) is 48.4. The van der Waals surface area contributed by atoms with Crippen LogP contribution in [0.1, 0.15) is 32.6 Å². The van der Waals surface area contributed by atoms with Crippen molar-refractivity contribution in [2.24, 2.45) is 0 Å². The minimum absolute atomic E-state index is 0.229. The van der Waals surface area contributed by atoms with Gasteiger partial charge in [0, 0.05) is 38.7 Å². The van der Waals surface area contributed by atoms with Crippen LogP contribution in [0.15, 0.2) is 42.9 Å². The van der Waals surface area contributed by atoms with E-state index >= 15 is 0 Å². The van der Waals surface area contributed by atoms with Crippen molar-refractivity contribution in [2.75, 3.05) is 6.61 Å². The normalized spacial score (nSPS) is 21.1. The van der Waals surface area contributed by atoms with Crippen LogP contribution in [0.5, 0.6) is 0 Å². The molecular weight excluding hydrogens is 470 g/mol. The summed E-state index contributed by atoms with van der Waals surface area (Å²) in [5, 5.41) is 4.61. The Morgan fingerprint density at radius 1 is 1.03 bits per heavy atom. The summed E-state index contributed by atoms with van der Waals surface area (Å²) in [7, 11) is 0. The molecule has 188 valence electrons. The van der Waals surface area contributed by atoms with Crippen molar-refractivity contribution >= 4 is 17.9 Å². The highest BCUT2D eigenvalue weighted by atomic mass is 16.7. The minimum Gasteiger partial charge on any atom is -0.463 e. The molecule has 3 aromatic rings. The Hall–Kier alpha value is -4.19. The van der Waals surface area contributed by atoms with E-state index in [-0.39, 0.29) is 12.4 Å². The highest BCUT2D eigenvalue weighted by Gasteiger charge is 2.51. The first kappa shape index (κ1) is 24.9. The fraction of sp³-hybridized carbons (Fsp3) is 0.375. The van der Waals surface area contributed by atoms with Crippen LogP contribution in [0.2, 0.25) is 0 Å². The molecule has 1 aliphatic heterocycles. The molecule has 0 aliphatic carbocycles. The molecule has 12 heteroatoms. The first-order chi connectivity index (χ1) is 17.2. The van der Waals surface area contributed by atoms with E-state index in [1.165, 1.54) is 44.0 Å². The zero-order chi connectivity index (χ0) is 25.8. The number of hydrogen-bond acceptors (Lipinski definition) is 11. The SMILES string of the molecule is CC(=O)OC[C@H]1O[C@@H](n2nc(-c3cnccn3)nc2-c2cccc(C)c2)[C@H](OC(C)=O)[C@@H]1OC(C)=O. The van der Waals surface area contributed by atoms with Gasteiger partial charge in [-0.2, -0.15) is 0 Å². The first-order valence-corrected chi connectivity index (χ1v) is 11.2. The quantitative estimate of drug-likeness (QED) is 0.351. The van der Waals surface area contributed by atoms with Gasteiger partial charge < -0.3 is 18.9 Å². The van der Waals surface area contributed by atoms with E-state index in [0.717, 1.165) is 11.1 Å². The lowest BCUT2D eigenvalue weighted by Gasteiger charge is -2.23. The number of aromatic nitrogens is 5. The molecule has 4 rings (SSSR count). The standard InChI is InChI=1S/C24H25N5O7/c1-13-6-5-7-17(10-13)23-27-22(18-11-25-8-9-26-18)28-29(23)24-21(35-16(4)32)20(34-15(3)31)19(36-24)12-33-14(2)30/h5-11,19-21,24H,12H2,1-4H3/t19-,20-,21-,24-/m1/s1. The smallest absolute Gasteiger partial charge is 0.303 e. The number of ether oxygens (including phenoxy) is 4. The predicted molar refractivity (Wildman–Crippen MR) is 123 cm³/mol. The Labute approximate surface area is 206 Å². The average molecular weight is 495 g/mol. The molecule has 1 fully saturated rings. The molecule has 0 amide bonds. The average Bonchev–Trinajstić information content (AvgIpc) is 3.40. The molecule has 3 heterocycles. The van der Waals surface area contributed by atoms with Crippen LogP contribution in [0.25, 0.3) is 22.9 Å². The molecule has 12 nitrogen and oxygen atoms in total. The van der Waals surface area contributed by atoms with Crippen molar-refractivity contribution in [3.63, 3.8) is 0 Å². The number of aryl methyl sites for hydroxylation is 1. The highest BCUT2D eigenvalue weighted by molar-refractivity contribution is 5.68. The Bertz CT molecular complexity index is 1260. The number of esters is 3. The summed E-state index contributed by atoms with van der Waals surface area (Å²) >= 11 is 0. The Balaban J connectivity index is 1.83. The van der Waals surface area contributed by atoms with Crippen molar-refractivity contribution in [2.45, 2.75) is 52.2 Å². The summed E-state index contributed by atoms with van der Waals surface area (Å²) in [5.41, 5.74) is 2.12. The van der Waals surface area contributed by atoms with Crippen LogP contribution in [0.4, 0.5) is 0 Å². The van der Waals surface area contributed by atoms with Gasteiger partial charge in [0.15, 0.2) is 24.3 Å². The Kier molecular flexibility index (Phi) is 7.34. The second kappa shape index (κ2) is 10.6. The molecule has 1 aliphatic rings. The van der Waals surface area contributed by atoms with Gasteiger partial charge in [0.25, 0.3) is 0 Å². The molecule has 1 saturated heterocycles. The monoisotopic (exact) mass is 495 g/mol. The fourth-order valence-corrected chi connectivity index (χ4v) is 3.89. The van der Waals surface area contributed by atoms with Crippen LogP contribution in [0, 0.1) is 6.92 Å². The van der Waals surface area contributed by atoms with Gasteiger partial charge in [-0.25, -0.2) is 14.6 Å². The lowest BCUT2D eigenvalue weighted by atomic mass is 10.1. The molecule has 36 heavy (non-hydrogen) atoms. The Morgan fingerprint density at radius 3 is 2.42 bits per heavy atom. The summed E-state index contributed by atoms with van der Waals surface area (Å²) in [5.74, 6) is -1.12. The van der Waals surface area contributed by atoms with E-state index in [2.05, 4.69) is 20.1 Å². The fourth-order valence-electron chi connectivity index (χ4n) is 3.89. The predicted octanol–water partition coefficient (Wildman–Crippen LogP) is 2.03. The second-order valence-corrected chi connectivity index (χ2v) is 8.18. The van der Waals surface area contributed by atoms with Gasteiger partial charge in [-0.3, -0.25) is 19.4 Å². The lowest BCUT2D eigenvalue weighted by Crippen LogP contribution is -2.40. The largest absolute Gasteiger partial charge is 0.463 e. The molecule has 0 N–H and O–H groups in total. The van der Waals surface area contributed by atoms with Crippen molar-refractivity contribution in [3.05, 3.63) is 48.4 Å². The zero-order valence-electron chi connectivity index (χ0n) is 20.2. The lowest BCUT2D eigenvalue weighted by molar-refractivity contribution is -0.166. The van der Waals surface area contributed by atoms with Gasteiger partial charge in [-0.15, -0.1) is 5.10 Å². The van der Waals surface area contributed by atoms with Crippen molar-refractivity contribution in [1.82, 2.24) is 24.7 Å². The Morgan fingerprint density at radius 2 is 1.78 bits per heavy atom. The molecule has 0 spiro atoms. The van der Waals surface area contributed by atoms with E-state index in [1.807, 2.05) is 31.2 Å². The van der Waals surface area contributed by atoms with Gasteiger partial charge in [-0.1, -0.05) is 23.8 Å². The maximum atomic E-state index is 12.0. The third-order valence-corrected chi connectivity index (χ3v) is 5.28. The number of carbonyl (C=O) groups is 3. The third-order valence-electron chi connectivity index (χ3n) is 5.28. The van der Waals surface area contributed by atoms with Gasteiger partial charge in [0.1, 0.15) is 18.4 Å².